The Labute approximate surface area is 372 Å². The number of anilines is 7. The molecule has 2 aliphatic heterocycles. The van der Waals surface area contributed by atoms with E-state index < -0.39 is 0 Å². The summed E-state index contributed by atoms with van der Waals surface area (Å²) in [4.78, 5) is 12.2. The first-order valence-electron chi connectivity index (χ1n) is 22.1. The van der Waals surface area contributed by atoms with Crippen LogP contribution in [0.15, 0.2) is 170 Å². The number of rotatable bonds is 7. The van der Waals surface area contributed by atoms with Gasteiger partial charge in [-0.05, 0) is 125 Å². The van der Waals surface area contributed by atoms with Crippen LogP contribution in [0.2, 0.25) is 0 Å². The predicted octanol–water partition coefficient (Wildman–Crippen LogP) is 15.8. The van der Waals surface area contributed by atoms with E-state index in [0.717, 1.165) is 40.1 Å². The van der Waals surface area contributed by atoms with Crippen molar-refractivity contribution in [1.29, 1.82) is 0 Å². The molecule has 5 heteroatoms. The minimum absolute atomic E-state index is 0.0248. The fourth-order valence-electron chi connectivity index (χ4n) is 9.89. The Balaban J connectivity index is 1.07. The lowest BCUT2D eigenvalue weighted by atomic mass is 9.73. The van der Waals surface area contributed by atoms with Gasteiger partial charge >= 0.3 is 0 Å². The summed E-state index contributed by atoms with van der Waals surface area (Å²) in [5.41, 5.74) is 18.9. The minimum atomic E-state index is -0.231. The topological polar surface area (TPSA) is 31.8 Å². The fourth-order valence-corrected chi connectivity index (χ4v) is 9.89. The Kier molecular flexibility index (Phi) is 9.75. The molecule has 1 aromatic heterocycles. The molecule has 63 heavy (non-hydrogen) atoms. The van der Waals surface area contributed by atoms with Crippen molar-refractivity contribution in [1.82, 2.24) is 4.98 Å². The van der Waals surface area contributed by atoms with Crippen molar-refractivity contribution < 1.29 is 4.74 Å². The maximum atomic E-state index is 6.90. The quantitative estimate of drug-likeness (QED) is 0.160. The van der Waals surface area contributed by atoms with Crippen LogP contribution in [0.25, 0.3) is 22.3 Å². The Morgan fingerprint density at radius 2 is 1.14 bits per heavy atom. The van der Waals surface area contributed by atoms with Crippen LogP contribution < -0.4 is 19.4 Å². The van der Waals surface area contributed by atoms with Crippen LogP contribution in [0.4, 0.5) is 39.9 Å². The third-order valence-corrected chi connectivity index (χ3v) is 13.0. The van der Waals surface area contributed by atoms with Gasteiger partial charge in [-0.15, -0.1) is 0 Å². The molecule has 0 bridgehead atoms. The average molecular weight is 823 g/mol. The zero-order valence-corrected chi connectivity index (χ0v) is 37.6. The number of ether oxygens (including phenoxy) is 1. The van der Waals surface area contributed by atoms with Crippen LogP contribution in [0.3, 0.4) is 0 Å². The van der Waals surface area contributed by atoms with Crippen LogP contribution >= 0.6 is 0 Å². The van der Waals surface area contributed by atoms with E-state index in [1.54, 1.807) is 0 Å². The molecule has 0 saturated heterocycles. The summed E-state index contributed by atoms with van der Waals surface area (Å²) in [5, 5.41) is 0. The van der Waals surface area contributed by atoms with Gasteiger partial charge in [0.2, 0.25) is 0 Å². The smallest absolute Gasteiger partial charge is 0.137 e. The number of aromatic nitrogens is 1. The third kappa shape index (κ3) is 7.12. The van der Waals surface area contributed by atoms with E-state index in [9.17, 15) is 0 Å². The highest BCUT2D eigenvalue weighted by molar-refractivity contribution is 5.97. The van der Waals surface area contributed by atoms with Gasteiger partial charge in [0.25, 0.3) is 0 Å². The van der Waals surface area contributed by atoms with Crippen LogP contribution in [0.1, 0.15) is 68.0 Å². The van der Waals surface area contributed by atoms with Gasteiger partial charge in [-0.3, -0.25) is 4.90 Å². The number of pyridine rings is 1. The van der Waals surface area contributed by atoms with E-state index >= 15 is 0 Å². The highest BCUT2D eigenvalue weighted by Crippen LogP contribution is 2.54. The maximum Gasteiger partial charge on any atom is 0.137 e. The van der Waals surface area contributed by atoms with Crippen LogP contribution in [0, 0.1) is 20.8 Å². The average Bonchev–Trinajstić information content (AvgIpc) is 3.64. The Bertz CT molecular complexity index is 3000. The largest absolute Gasteiger partial charge is 0.457 e. The zero-order chi connectivity index (χ0) is 43.6. The fraction of sp³-hybridized carbons (Fsp3) is 0.190. The molecule has 8 aromatic rings. The summed E-state index contributed by atoms with van der Waals surface area (Å²) in [6.07, 6.45) is 1.94. The summed E-state index contributed by atoms with van der Waals surface area (Å²) in [6, 6.07) is 59.1. The molecule has 7 aromatic carbocycles. The summed E-state index contributed by atoms with van der Waals surface area (Å²) in [7, 11) is 0. The van der Waals surface area contributed by atoms with E-state index in [1.165, 1.54) is 67.0 Å². The van der Waals surface area contributed by atoms with Crippen molar-refractivity contribution in [3.05, 3.63) is 203 Å². The number of hydrogen-bond donors (Lipinski definition) is 0. The number of hydrogen-bond acceptors (Lipinski definition) is 5. The first-order valence-corrected chi connectivity index (χ1v) is 22.1. The summed E-state index contributed by atoms with van der Waals surface area (Å²) < 4.78 is 6.90. The molecule has 312 valence electrons. The van der Waals surface area contributed by atoms with Crippen LogP contribution in [-0.4, -0.2) is 11.7 Å². The first kappa shape index (κ1) is 40.0. The number of fused-ring (bicyclic) bond motifs is 3. The van der Waals surface area contributed by atoms with Gasteiger partial charge in [-0.2, -0.15) is 0 Å². The van der Waals surface area contributed by atoms with Gasteiger partial charge in [0, 0.05) is 35.1 Å². The molecule has 0 aliphatic carbocycles. The lowest BCUT2D eigenvalue weighted by Gasteiger charge is -2.41. The molecule has 2 aliphatic rings. The molecule has 0 radical (unpaired) electrons. The second-order valence-electron chi connectivity index (χ2n) is 18.8. The molecule has 0 unspecified atom stereocenters. The molecule has 0 atom stereocenters. The Hall–Kier alpha value is -7.11. The standard InChI is InChI=1S/C58H54N4O/c1-38-30-39(2)56(40(3)31-38)61-37-60(53-35-47(41-18-11-9-12-19-41)48(36-54(53)61)42-20-13-10-14-21-42)44-22-17-23-45(33-44)63-46-26-27-50-52(34-46)62(51-25-16-15-24-49(51)58(50,7)8)55-32-43(28-29-59-55)57(4,5)6/h9-36H,37H2,1-8H3. The molecular weight excluding hydrogens is 769 g/mol. The second-order valence-corrected chi connectivity index (χ2v) is 18.8. The van der Waals surface area contributed by atoms with Gasteiger partial charge < -0.3 is 14.5 Å². The van der Waals surface area contributed by atoms with Crippen LogP contribution in [0.5, 0.6) is 11.5 Å². The molecular formula is C58H54N4O. The number of para-hydroxylation sites is 1. The van der Waals surface area contributed by atoms with E-state index in [0.29, 0.717) is 6.67 Å². The van der Waals surface area contributed by atoms with Crippen molar-refractivity contribution in [2.45, 2.75) is 66.2 Å². The summed E-state index contributed by atoms with van der Waals surface area (Å²) in [6.45, 7) is 18.7. The third-order valence-electron chi connectivity index (χ3n) is 13.0. The van der Waals surface area contributed by atoms with Gasteiger partial charge in [0.1, 0.15) is 24.0 Å². The summed E-state index contributed by atoms with van der Waals surface area (Å²) >= 11 is 0. The molecule has 0 amide bonds. The SMILES string of the molecule is Cc1cc(C)c(N2CN(c3cccc(Oc4ccc5c(c4)N(c4cc(C(C)(C)C)ccn4)c4ccccc4C5(C)C)c3)c3cc(-c4ccccc4)c(-c4ccccc4)cc32)c(C)c1. The van der Waals surface area contributed by atoms with Crippen molar-refractivity contribution in [2.24, 2.45) is 0 Å². The van der Waals surface area contributed by atoms with E-state index in [4.69, 9.17) is 9.72 Å². The lowest BCUT2D eigenvalue weighted by Crippen LogP contribution is -2.31. The number of aryl methyl sites for hydroxylation is 3. The van der Waals surface area contributed by atoms with Gasteiger partial charge in [0.15, 0.2) is 0 Å². The molecule has 0 N–H and O–H groups in total. The van der Waals surface area contributed by atoms with Crippen molar-refractivity contribution >= 4 is 39.9 Å². The van der Waals surface area contributed by atoms with E-state index in [1.807, 2.05) is 6.20 Å². The molecule has 3 heterocycles. The predicted molar refractivity (Wildman–Crippen MR) is 263 cm³/mol. The monoisotopic (exact) mass is 822 g/mol. The van der Waals surface area contributed by atoms with E-state index in [-0.39, 0.29) is 10.8 Å². The first-order chi connectivity index (χ1) is 30.3. The normalized spacial score (nSPS) is 14.0. The van der Waals surface area contributed by atoms with Crippen LogP contribution in [-0.2, 0) is 10.8 Å². The van der Waals surface area contributed by atoms with E-state index in [2.05, 4.69) is 234 Å². The van der Waals surface area contributed by atoms with Gasteiger partial charge in [-0.1, -0.05) is 143 Å². The van der Waals surface area contributed by atoms with Crippen molar-refractivity contribution in [3.63, 3.8) is 0 Å². The molecule has 0 fully saturated rings. The Morgan fingerprint density at radius 3 is 1.81 bits per heavy atom. The number of benzene rings is 7. The Morgan fingerprint density at radius 1 is 0.540 bits per heavy atom. The minimum Gasteiger partial charge on any atom is -0.457 e. The zero-order valence-electron chi connectivity index (χ0n) is 37.6. The van der Waals surface area contributed by atoms with Crippen molar-refractivity contribution in [3.8, 4) is 33.8 Å². The van der Waals surface area contributed by atoms with Gasteiger partial charge in [-0.25, -0.2) is 4.98 Å². The lowest BCUT2D eigenvalue weighted by molar-refractivity contribution is 0.482. The highest BCUT2D eigenvalue weighted by atomic mass is 16.5. The van der Waals surface area contributed by atoms with Gasteiger partial charge in [0.05, 0.1) is 22.7 Å². The maximum absolute atomic E-state index is 6.90. The molecule has 10 rings (SSSR count). The molecule has 5 nitrogen and oxygen atoms in total. The summed E-state index contributed by atoms with van der Waals surface area (Å²) in [5.74, 6) is 2.44. The highest BCUT2D eigenvalue weighted by Gasteiger charge is 2.38. The molecule has 0 saturated carbocycles. The number of nitrogens with zero attached hydrogens (tertiary/aromatic N) is 4. The second kappa shape index (κ2) is 15.4. The van der Waals surface area contributed by atoms with Crippen molar-refractivity contribution in [2.75, 3.05) is 21.4 Å². The molecule has 0 spiro atoms.